The fourth-order valence-corrected chi connectivity index (χ4v) is 2.77. The highest BCUT2D eigenvalue weighted by Gasteiger charge is 2.15. The summed E-state index contributed by atoms with van der Waals surface area (Å²) in [5.41, 5.74) is 2.28. The number of amides is 1. The van der Waals surface area contributed by atoms with E-state index in [0.717, 1.165) is 16.9 Å². The molecule has 0 aromatic heterocycles. The van der Waals surface area contributed by atoms with Gasteiger partial charge in [-0.1, -0.05) is 29.3 Å². The molecule has 0 saturated carbocycles. The second-order valence-electron chi connectivity index (χ2n) is 5.80. The van der Waals surface area contributed by atoms with Crippen molar-refractivity contribution in [3.63, 3.8) is 0 Å². The van der Waals surface area contributed by atoms with E-state index in [2.05, 4.69) is 11.4 Å². The molecule has 1 amide bonds. The molecule has 1 atom stereocenters. The Morgan fingerprint density at radius 2 is 1.80 bits per heavy atom. The maximum absolute atomic E-state index is 12.1. The average molecular weight is 382 g/mol. The van der Waals surface area contributed by atoms with Crippen LogP contribution in [0.15, 0.2) is 36.4 Å². The van der Waals surface area contributed by atoms with Crippen LogP contribution in [0.1, 0.15) is 18.1 Å². The summed E-state index contributed by atoms with van der Waals surface area (Å²) >= 11 is 11.9. The summed E-state index contributed by atoms with van der Waals surface area (Å²) < 4.78 is 11.2. The minimum atomic E-state index is -0.681. The van der Waals surface area contributed by atoms with Crippen molar-refractivity contribution in [1.82, 2.24) is 5.32 Å². The number of carbonyl (C=O) groups is 1. The quantitative estimate of drug-likeness (QED) is 0.714. The van der Waals surface area contributed by atoms with Gasteiger partial charge in [-0.25, -0.2) is 0 Å². The van der Waals surface area contributed by atoms with Crippen LogP contribution in [0.25, 0.3) is 0 Å². The Kier molecular flexibility index (Phi) is 6.97. The standard InChI is InChI=1S/C19H21Cl2NO3/c1-12-8-13(2)10-16(9-12)24-7-6-22-19(23)14(3)25-18-5-4-15(20)11-17(18)21/h4-5,8-11,14H,6-7H2,1-3H3,(H,22,23)/t14-/m0/s1. The summed E-state index contributed by atoms with van der Waals surface area (Å²) in [5.74, 6) is 0.972. The molecule has 2 rings (SSSR count). The summed E-state index contributed by atoms with van der Waals surface area (Å²) in [6.07, 6.45) is -0.681. The Hall–Kier alpha value is -1.91. The first-order valence-corrected chi connectivity index (χ1v) is 8.71. The fraction of sp³-hybridized carbons (Fsp3) is 0.316. The van der Waals surface area contributed by atoms with Gasteiger partial charge in [0, 0.05) is 5.02 Å². The molecule has 0 bridgehead atoms. The lowest BCUT2D eigenvalue weighted by Crippen LogP contribution is -2.38. The second kappa shape index (κ2) is 8.97. The molecule has 0 aliphatic rings. The lowest BCUT2D eigenvalue weighted by atomic mass is 10.1. The SMILES string of the molecule is Cc1cc(C)cc(OCCNC(=O)[C@H](C)Oc2ccc(Cl)cc2Cl)c1. The summed E-state index contributed by atoms with van der Waals surface area (Å²) in [6.45, 7) is 6.45. The van der Waals surface area contributed by atoms with E-state index in [1.165, 1.54) is 0 Å². The van der Waals surface area contributed by atoms with Crippen LogP contribution in [0.2, 0.25) is 10.0 Å². The lowest BCUT2D eigenvalue weighted by Gasteiger charge is -2.16. The molecule has 134 valence electrons. The Morgan fingerprint density at radius 3 is 2.44 bits per heavy atom. The highest BCUT2D eigenvalue weighted by molar-refractivity contribution is 6.35. The molecule has 6 heteroatoms. The molecule has 0 spiro atoms. The van der Waals surface area contributed by atoms with E-state index in [4.69, 9.17) is 32.7 Å². The van der Waals surface area contributed by atoms with Crippen molar-refractivity contribution in [3.8, 4) is 11.5 Å². The first-order valence-electron chi connectivity index (χ1n) is 7.95. The smallest absolute Gasteiger partial charge is 0.260 e. The van der Waals surface area contributed by atoms with Gasteiger partial charge in [0.05, 0.1) is 11.6 Å². The Labute approximate surface area is 158 Å². The van der Waals surface area contributed by atoms with E-state index in [1.54, 1.807) is 25.1 Å². The molecule has 0 radical (unpaired) electrons. The van der Waals surface area contributed by atoms with Crippen molar-refractivity contribution >= 4 is 29.1 Å². The molecule has 1 N–H and O–H groups in total. The van der Waals surface area contributed by atoms with Crippen LogP contribution in [0.4, 0.5) is 0 Å². The third-order valence-corrected chi connectivity index (χ3v) is 3.96. The maximum atomic E-state index is 12.1. The van der Waals surface area contributed by atoms with Crippen molar-refractivity contribution < 1.29 is 14.3 Å². The molecule has 0 aliphatic carbocycles. The highest BCUT2D eigenvalue weighted by atomic mass is 35.5. The van der Waals surface area contributed by atoms with Gasteiger partial charge in [-0.3, -0.25) is 4.79 Å². The first-order chi connectivity index (χ1) is 11.8. The van der Waals surface area contributed by atoms with Crippen LogP contribution in [-0.4, -0.2) is 25.2 Å². The van der Waals surface area contributed by atoms with Crippen LogP contribution >= 0.6 is 23.2 Å². The summed E-state index contributed by atoms with van der Waals surface area (Å²) in [6, 6.07) is 10.9. The van der Waals surface area contributed by atoms with Crippen LogP contribution in [-0.2, 0) is 4.79 Å². The van der Waals surface area contributed by atoms with E-state index < -0.39 is 6.10 Å². The molecule has 4 nitrogen and oxygen atoms in total. The van der Waals surface area contributed by atoms with Gasteiger partial charge in [-0.15, -0.1) is 0 Å². The van der Waals surface area contributed by atoms with E-state index >= 15 is 0 Å². The molecule has 0 fully saturated rings. The number of carbonyl (C=O) groups excluding carboxylic acids is 1. The molecule has 25 heavy (non-hydrogen) atoms. The minimum Gasteiger partial charge on any atom is -0.492 e. The number of hydrogen-bond acceptors (Lipinski definition) is 3. The molecular weight excluding hydrogens is 361 g/mol. The topological polar surface area (TPSA) is 47.6 Å². The number of nitrogens with one attached hydrogen (secondary N) is 1. The molecule has 0 heterocycles. The summed E-state index contributed by atoms with van der Waals surface area (Å²) in [7, 11) is 0. The number of hydrogen-bond donors (Lipinski definition) is 1. The minimum absolute atomic E-state index is 0.241. The van der Waals surface area contributed by atoms with Crippen molar-refractivity contribution in [2.45, 2.75) is 26.9 Å². The molecule has 2 aromatic carbocycles. The van der Waals surface area contributed by atoms with E-state index in [0.29, 0.717) is 28.9 Å². The summed E-state index contributed by atoms with van der Waals surface area (Å²) in [4.78, 5) is 12.1. The number of aryl methyl sites for hydroxylation is 2. The van der Waals surface area contributed by atoms with Gasteiger partial charge >= 0.3 is 0 Å². The van der Waals surface area contributed by atoms with Gasteiger partial charge in [0.2, 0.25) is 0 Å². The predicted octanol–water partition coefficient (Wildman–Crippen LogP) is 4.57. The molecule has 0 aliphatic heterocycles. The van der Waals surface area contributed by atoms with Crippen molar-refractivity contribution in [2.24, 2.45) is 0 Å². The van der Waals surface area contributed by atoms with Crippen molar-refractivity contribution in [1.29, 1.82) is 0 Å². The number of halogens is 2. The van der Waals surface area contributed by atoms with Gasteiger partial charge in [0.15, 0.2) is 6.10 Å². The zero-order valence-corrected chi connectivity index (χ0v) is 15.9. The highest BCUT2D eigenvalue weighted by Crippen LogP contribution is 2.28. The maximum Gasteiger partial charge on any atom is 0.260 e. The third-order valence-electron chi connectivity index (χ3n) is 3.43. The van der Waals surface area contributed by atoms with Crippen LogP contribution < -0.4 is 14.8 Å². The number of rotatable bonds is 7. The zero-order chi connectivity index (χ0) is 18.4. The predicted molar refractivity (Wildman–Crippen MR) is 101 cm³/mol. The average Bonchev–Trinajstić information content (AvgIpc) is 2.53. The first kappa shape index (κ1) is 19.4. The molecule has 0 saturated heterocycles. The van der Waals surface area contributed by atoms with Crippen molar-refractivity contribution in [2.75, 3.05) is 13.2 Å². The number of benzene rings is 2. The van der Waals surface area contributed by atoms with Crippen LogP contribution in [0.5, 0.6) is 11.5 Å². The van der Waals surface area contributed by atoms with E-state index in [-0.39, 0.29) is 5.91 Å². The van der Waals surface area contributed by atoms with E-state index in [1.807, 2.05) is 26.0 Å². The zero-order valence-electron chi connectivity index (χ0n) is 14.4. The molecule has 0 unspecified atom stereocenters. The third kappa shape index (κ3) is 6.15. The van der Waals surface area contributed by atoms with Crippen LogP contribution in [0.3, 0.4) is 0 Å². The van der Waals surface area contributed by atoms with Gasteiger partial charge in [-0.05, 0) is 62.2 Å². The van der Waals surface area contributed by atoms with Gasteiger partial charge < -0.3 is 14.8 Å². The van der Waals surface area contributed by atoms with E-state index in [9.17, 15) is 4.79 Å². The molecule has 2 aromatic rings. The Bertz CT molecular complexity index is 729. The second-order valence-corrected chi connectivity index (χ2v) is 6.64. The largest absolute Gasteiger partial charge is 0.492 e. The fourth-order valence-electron chi connectivity index (χ4n) is 2.32. The normalized spacial score (nSPS) is 11.7. The summed E-state index contributed by atoms with van der Waals surface area (Å²) in [5, 5.41) is 3.65. The van der Waals surface area contributed by atoms with Crippen molar-refractivity contribution in [3.05, 3.63) is 57.6 Å². The van der Waals surface area contributed by atoms with Gasteiger partial charge in [0.25, 0.3) is 5.91 Å². The lowest BCUT2D eigenvalue weighted by molar-refractivity contribution is -0.127. The Morgan fingerprint density at radius 1 is 1.12 bits per heavy atom. The van der Waals surface area contributed by atoms with Gasteiger partial charge in [0.1, 0.15) is 18.1 Å². The Balaban J connectivity index is 1.77. The van der Waals surface area contributed by atoms with Crippen LogP contribution in [0, 0.1) is 13.8 Å². The monoisotopic (exact) mass is 381 g/mol. The van der Waals surface area contributed by atoms with Gasteiger partial charge in [-0.2, -0.15) is 0 Å². The molecular formula is C19H21Cl2NO3. The number of ether oxygens (including phenoxy) is 2.